The van der Waals surface area contributed by atoms with Crippen molar-refractivity contribution in [3.05, 3.63) is 29.8 Å². The third-order valence-electron chi connectivity index (χ3n) is 7.48. The van der Waals surface area contributed by atoms with Gasteiger partial charge in [-0.15, -0.1) is 0 Å². The van der Waals surface area contributed by atoms with E-state index in [0.29, 0.717) is 19.1 Å². The Bertz CT molecular complexity index is 770. The first-order chi connectivity index (χ1) is 16.1. The van der Waals surface area contributed by atoms with Gasteiger partial charge in [0.05, 0.1) is 19.6 Å². The number of likely N-dealkylation sites (tertiary alicyclic amines) is 1. The molecule has 4 rings (SSSR count). The highest BCUT2D eigenvalue weighted by Gasteiger charge is 2.30. The standard InChI is InChI=1S/C26H40N4O3/c1-33-24-11-9-21(10-12-24)18-28-14-16-30(17-15-28)25(31)20-29-13-5-6-22(19-29)26(32)27-23-7-3-2-4-8-23/h9-12,22-23H,2-8,13-20H2,1H3,(H,27,32). The van der Waals surface area contributed by atoms with E-state index in [1.165, 1.54) is 24.8 Å². The van der Waals surface area contributed by atoms with Crippen molar-refractivity contribution in [1.82, 2.24) is 20.0 Å². The summed E-state index contributed by atoms with van der Waals surface area (Å²) in [6.07, 6.45) is 7.91. The number of benzene rings is 1. The van der Waals surface area contributed by atoms with E-state index in [4.69, 9.17) is 4.74 Å². The van der Waals surface area contributed by atoms with E-state index in [2.05, 4.69) is 27.2 Å². The fraction of sp³-hybridized carbons (Fsp3) is 0.692. The molecule has 1 aliphatic carbocycles. The molecule has 1 unspecified atom stereocenters. The van der Waals surface area contributed by atoms with E-state index in [9.17, 15) is 9.59 Å². The molecule has 1 saturated carbocycles. The van der Waals surface area contributed by atoms with Crippen LogP contribution in [0.1, 0.15) is 50.5 Å². The minimum absolute atomic E-state index is 0.0230. The Morgan fingerprint density at radius 1 is 0.909 bits per heavy atom. The van der Waals surface area contributed by atoms with E-state index >= 15 is 0 Å². The lowest BCUT2D eigenvalue weighted by Crippen LogP contribution is -2.52. The predicted octanol–water partition coefficient (Wildman–Crippen LogP) is 2.50. The van der Waals surface area contributed by atoms with Crippen LogP contribution >= 0.6 is 0 Å². The predicted molar refractivity (Wildman–Crippen MR) is 129 cm³/mol. The molecular formula is C26H40N4O3. The second-order valence-electron chi connectivity index (χ2n) is 9.92. The van der Waals surface area contributed by atoms with Crippen LogP contribution in [0.3, 0.4) is 0 Å². The Kier molecular flexibility index (Phi) is 8.62. The van der Waals surface area contributed by atoms with E-state index in [-0.39, 0.29) is 17.7 Å². The van der Waals surface area contributed by atoms with Crippen molar-refractivity contribution in [1.29, 1.82) is 0 Å². The molecule has 1 atom stereocenters. The van der Waals surface area contributed by atoms with Crippen LogP contribution in [0.4, 0.5) is 0 Å². The van der Waals surface area contributed by atoms with Gasteiger partial charge in [0.1, 0.15) is 5.75 Å². The first-order valence-electron chi connectivity index (χ1n) is 12.8. The molecule has 1 N–H and O–H groups in total. The quantitative estimate of drug-likeness (QED) is 0.683. The molecule has 182 valence electrons. The Hall–Kier alpha value is -2.12. The Morgan fingerprint density at radius 2 is 1.64 bits per heavy atom. The second-order valence-corrected chi connectivity index (χ2v) is 9.92. The molecule has 0 bridgehead atoms. The third-order valence-corrected chi connectivity index (χ3v) is 7.48. The van der Waals surface area contributed by atoms with Crippen LogP contribution in [0.5, 0.6) is 5.75 Å². The van der Waals surface area contributed by atoms with Gasteiger partial charge in [0.15, 0.2) is 0 Å². The van der Waals surface area contributed by atoms with E-state index in [1.54, 1.807) is 7.11 Å². The van der Waals surface area contributed by atoms with Crippen molar-refractivity contribution in [2.24, 2.45) is 5.92 Å². The summed E-state index contributed by atoms with van der Waals surface area (Å²) in [7, 11) is 1.68. The lowest BCUT2D eigenvalue weighted by Gasteiger charge is -2.37. The molecule has 2 aliphatic heterocycles. The van der Waals surface area contributed by atoms with Gasteiger partial charge in [0.2, 0.25) is 11.8 Å². The SMILES string of the molecule is COc1ccc(CN2CCN(C(=O)CN3CCCC(C(=O)NC4CCCCC4)C3)CC2)cc1. The summed E-state index contributed by atoms with van der Waals surface area (Å²) in [5.74, 6) is 1.30. The number of amides is 2. The van der Waals surface area contributed by atoms with Crippen LogP contribution in [0.15, 0.2) is 24.3 Å². The first-order valence-corrected chi connectivity index (χ1v) is 12.8. The molecule has 2 heterocycles. The largest absolute Gasteiger partial charge is 0.497 e. The number of hydrogen-bond acceptors (Lipinski definition) is 5. The fourth-order valence-electron chi connectivity index (χ4n) is 5.41. The second kappa shape index (κ2) is 11.8. The Labute approximate surface area is 198 Å². The summed E-state index contributed by atoms with van der Waals surface area (Å²) in [5, 5.41) is 3.28. The van der Waals surface area contributed by atoms with Gasteiger partial charge in [-0.2, -0.15) is 0 Å². The van der Waals surface area contributed by atoms with Crippen molar-refractivity contribution in [3.63, 3.8) is 0 Å². The molecule has 7 heteroatoms. The van der Waals surface area contributed by atoms with E-state index < -0.39 is 0 Å². The maximum absolute atomic E-state index is 12.9. The summed E-state index contributed by atoms with van der Waals surface area (Å²) in [6, 6.07) is 8.56. The number of methoxy groups -OCH3 is 1. The maximum atomic E-state index is 12.9. The van der Waals surface area contributed by atoms with Crippen LogP contribution in [0.2, 0.25) is 0 Å². The molecule has 2 amide bonds. The van der Waals surface area contributed by atoms with Gasteiger partial charge >= 0.3 is 0 Å². The lowest BCUT2D eigenvalue weighted by molar-refractivity contribution is -0.136. The number of hydrogen-bond donors (Lipinski definition) is 1. The van der Waals surface area contributed by atoms with Crippen molar-refractivity contribution in [2.75, 3.05) is 52.9 Å². The van der Waals surface area contributed by atoms with Gasteiger partial charge in [-0.1, -0.05) is 31.4 Å². The Balaban J connectivity index is 1.18. The summed E-state index contributed by atoms with van der Waals surface area (Å²) in [6.45, 7) is 6.29. The number of nitrogens with one attached hydrogen (secondary N) is 1. The third kappa shape index (κ3) is 6.93. The molecular weight excluding hydrogens is 416 g/mol. The molecule has 3 aliphatic rings. The van der Waals surface area contributed by atoms with Crippen LogP contribution in [-0.4, -0.2) is 85.5 Å². The zero-order valence-electron chi connectivity index (χ0n) is 20.1. The minimum atomic E-state index is 0.0230. The molecule has 7 nitrogen and oxygen atoms in total. The van der Waals surface area contributed by atoms with Gasteiger partial charge in [-0.3, -0.25) is 19.4 Å². The highest BCUT2D eigenvalue weighted by molar-refractivity contribution is 5.80. The normalized spacial score (nSPS) is 23.3. The number of nitrogens with zero attached hydrogens (tertiary/aromatic N) is 3. The highest BCUT2D eigenvalue weighted by Crippen LogP contribution is 2.21. The van der Waals surface area contributed by atoms with Crippen LogP contribution in [-0.2, 0) is 16.1 Å². The summed E-state index contributed by atoms with van der Waals surface area (Å²) < 4.78 is 5.23. The minimum Gasteiger partial charge on any atom is -0.497 e. The number of ether oxygens (including phenoxy) is 1. The topological polar surface area (TPSA) is 65.1 Å². The molecule has 1 aromatic rings. The zero-order chi connectivity index (χ0) is 23.0. The summed E-state index contributed by atoms with van der Waals surface area (Å²) in [4.78, 5) is 32.3. The van der Waals surface area contributed by atoms with Gasteiger partial charge in [-0.05, 0) is 49.9 Å². The smallest absolute Gasteiger partial charge is 0.236 e. The number of rotatable bonds is 7. The van der Waals surface area contributed by atoms with Crippen LogP contribution < -0.4 is 10.1 Å². The Morgan fingerprint density at radius 3 is 2.33 bits per heavy atom. The van der Waals surface area contributed by atoms with Crippen LogP contribution in [0.25, 0.3) is 0 Å². The number of piperazine rings is 1. The van der Waals surface area contributed by atoms with Gasteiger partial charge in [0, 0.05) is 45.3 Å². The van der Waals surface area contributed by atoms with E-state index in [0.717, 1.165) is 70.7 Å². The van der Waals surface area contributed by atoms with Gasteiger partial charge < -0.3 is 15.0 Å². The average molecular weight is 457 g/mol. The molecule has 1 aromatic carbocycles. The molecule has 0 spiro atoms. The van der Waals surface area contributed by atoms with Crippen molar-refractivity contribution < 1.29 is 14.3 Å². The number of piperidine rings is 1. The highest BCUT2D eigenvalue weighted by atomic mass is 16.5. The number of carbonyl (C=O) groups excluding carboxylic acids is 2. The molecule has 33 heavy (non-hydrogen) atoms. The maximum Gasteiger partial charge on any atom is 0.236 e. The molecule has 0 aromatic heterocycles. The average Bonchev–Trinajstić information content (AvgIpc) is 2.86. The van der Waals surface area contributed by atoms with Crippen molar-refractivity contribution in [3.8, 4) is 5.75 Å². The molecule has 3 fully saturated rings. The van der Waals surface area contributed by atoms with Gasteiger partial charge in [0.25, 0.3) is 0 Å². The van der Waals surface area contributed by atoms with Crippen LogP contribution in [0, 0.1) is 5.92 Å². The summed E-state index contributed by atoms with van der Waals surface area (Å²) >= 11 is 0. The lowest BCUT2D eigenvalue weighted by atomic mass is 9.93. The first kappa shape index (κ1) is 24.0. The molecule has 0 radical (unpaired) electrons. The van der Waals surface area contributed by atoms with E-state index in [1.807, 2.05) is 17.0 Å². The number of carbonyl (C=O) groups is 2. The van der Waals surface area contributed by atoms with Crippen molar-refractivity contribution >= 4 is 11.8 Å². The fourth-order valence-corrected chi connectivity index (χ4v) is 5.41. The van der Waals surface area contributed by atoms with Gasteiger partial charge in [-0.25, -0.2) is 0 Å². The van der Waals surface area contributed by atoms with Crippen molar-refractivity contribution in [2.45, 2.75) is 57.5 Å². The monoisotopic (exact) mass is 456 g/mol. The summed E-state index contributed by atoms with van der Waals surface area (Å²) in [5.41, 5.74) is 1.27. The zero-order valence-corrected chi connectivity index (χ0v) is 20.1. The molecule has 2 saturated heterocycles.